The molecule has 0 unspecified atom stereocenters. The zero-order valence-electron chi connectivity index (χ0n) is 13.2. The number of benzene rings is 1. The molecule has 4 nitrogen and oxygen atoms in total. The number of hydrogen-bond donors (Lipinski definition) is 0. The third kappa shape index (κ3) is 5.37. The average molecular weight is 304 g/mol. The zero-order valence-corrected chi connectivity index (χ0v) is 13.2. The molecule has 4 heteroatoms. The third-order valence-corrected chi connectivity index (χ3v) is 3.49. The molecule has 1 aliphatic heterocycles. The summed E-state index contributed by atoms with van der Waals surface area (Å²) in [6, 6.07) is 10.1. The molecular weight excluding hydrogens is 280 g/mol. The Morgan fingerprint density at radius 3 is 2.73 bits per heavy atom. The molecule has 0 aromatic heterocycles. The average Bonchev–Trinajstić information content (AvgIpc) is 2.80. The van der Waals surface area contributed by atoms with E-state index in [1.54, 1.807) is 6.08 Å². The molecule has 120 valence electrons. The fourth-order valence-corrected chi connectivity index (χ4v) is 2.56. The lowest BCUT2D eigenvalue weighted by Crippen LogP contribution is -2.21. The molecule has 1 aliphatic rings. The monoisotopic (exact) mass is 304 g/mol. The summed E-state index contributed by atoms with van der Waals surface area (Å²) in [6.07, 6.45) is 5.51. The number of hydrogen-bond acceptors (Lipinski definition) is 4. The SMILES string of the molecule is CC1(C)O[C@@H](/C=C/C=O)[C@H](CCCOCc2ccccc2)O1. The fourth-order valence-electron chi connectivity index (χ4n) is 2.56. The molecule has 1 heterocycles. The molecule has 2 rings (SSSR count). The molecule has 0 N–H and O–H groups in total. The minimum absolute atomic E-state index is 0.0356. The molecule has 0 aliphatic carbocycles. The summed E-state index contributed by atoms with van der Waals surface area (Å²) in [5.74, 6) is -0.604. The number of aldehydes is 1. The van der Waals surface area contributed by atoms with Gasteiger partial charge in [-0.1, -0.05) is 30.3 Å². The Morgan fingerprint density at radius 1 is 1.23 bits per heavy atom. The van der Waals surface area contributed by atoms with Crippen molar-refractivity contribution in [1.29, 1.82) is 0 Å². The maximum Gasteiger partial charge on any atom is 0.164 e. The van der Waals surface area contributed by atoms with Gasteiger partial charge in [0.15, 0.2) is 5.79 Å². The van der Waals surface area contributed by atoms with Crippen LogP contribution < -0.4 is 0 Å². The highest BCUT2D eigenvalue weighted by molar-refractivity contribution is 5.64. The van der Waals surface area contributed by atoms with Crippen LogP contribution in [-0.2, 0) is 25.6 Å². The normalized spacial score (nSPS) is 23.9. The van der Waals surface area contributed by atoms with E-state index in [0.29, 0.717) is 13.2 Å². The molecule has 0 radical (unpaired) electrons. The van der Waals surface area contributed by atoms with Crippen LogP contribution in [0.25, 0.3) is 0 Å². The maximum absolute atomic E-state index is 10.5. The van der Waals surface area contributed by atoms with Crippen molar-refractivity contribution in [3.8, 4) is 0 Å². The predicted molar refractivity (Wildman–Crippen MR) is 84.4 cm³/mol. The van der Waals surface area contributed by atoms with Crippen molar-refractivity contribution in [2.24, 2.45) is 0 Å². The summed E-state index contributed by atoms with van der Waals surface area (Å²) < 4.78 is 17.3. The highest BCUT2D eigenvalue weighted by atomic mass is 16.7. The summed E-state index contributed by atoms with van der Waals surface area (Å²) in [7, 11) is 0. The summed E-state index contributed by atoms with van der Waals surface area (Å²) in [4.78, 5) is 10.5. The molecule has 2 atom stereocenters. The third-order valence-electron chi connectivity index (χ3n) is 3.49. The Hall–Kier alpha value is -1.49. The van der Waals surface area contributed by atoms with Crippen LogP contribution in [0.1, 0.15) is 32.3 Å². The van der Waals surface area contributed by atoms with Crippen LogP contribution in [0.5, 0.6) is 0 Å². The van der Waals surface area contributed by atoms with E-state index in [1.165, 1.54) is 11.6 Å². The number of carbonyl (C=O) groups is 1. The number of rotatable bonds is 8. The highest BCUT2D eigenvalue weighted by Gasteiger charge is 2.39. The van der Waals surface area contributed by atoms with E-state index in [2.05, 4.69) is 12.1 Å². The van der Waals surface area contributed by atoms with Gasteiger partial charge in [-0.3, -0.25) is 4.79 Å². The second-order valence-corrected chi connectivity index (χ2v) is 5.84. The van der Waals surface area contributed by atoms with Gasteiger partial charge in [0, 0.05) is 6.61 Å². The topological polar surface area (TPSA) is 44.8 Å². The molecule has 1 saturated heterocycles. The zero-order chi connectivity index (χ0) is 15.8. The van der Waals surface area contributed by atoms with Crippen LogP contribution in [0.3, 0.4) is 0 Å². The molecule has 1 fully saturated rings. The first-order valence-electron chi connectivity index (χ1n) is 7.70. The molecule has 0 amide bonds. The van der Waals surface area contributed by atoms with E-state index < -0.39 is 5.79 Å². The second kappa shape index (κ2) is 8.22. The predicted octanol–water partition coefficient (Wildman–Crippen LogP) is 3.26. The van der Waals surface area contributed by atoms with Crippen molar-refractivity contribution in [3.05, 3.63) is 48.0 Å². The van der Waals surface area contributed by atoms with Crippen LogP contribution in [0.2, 0.25) is 0 Å². The Bertz CT molecular complexity index is 481. The molecule has 1 aromatic rings. The van der Waals surface area contributed by atoms with Gasteiger partial charge in [-0.05, 0) is 44.4 Å². The van der Waals surface area contributed by atoms with Gasteiger partial charge in [0.05, 0.1) is 12.7 Å². The first kappa shape index (κ1) is 16.9. The lowest BCUT2D eigenvalue weighted by atomic mass is 10.1. The maximum atomic E-state index is 10.5. The van der Waals surface area contributed by atoms with Gasteiger partial charge in [-0.15, -0.1) is 0 Å². The summed E-state index contributed by atoms with van der Waals surface area (Å²) in [5, 5.41) is 0. The van der Waals surface area contributed by atoms with Gasteiger partial charge < -0.3 is 14.2 Å². The number of carbonyl (C=O) groups excluding carboxylic acids is 1. The first-order valence-corrected chi connectivity index (χ1v) is 7.70. The van der Waals surface area contributed by atoms with E-state index in [-0.39, 0.29) is 12.2 Å². The second-order valence-electron chi connectivity index (χ2n) is 5.84. The first-order chi connectivity index (χ1) is 10.6. The smallest absolute Gasteiger partial charge is 0.164 e. The van der Waals surface area contributed by atoms with Gasteiger partial charge >= 0.3 is 0 Å². The Kier molecular flexibility index (Phi) is 6.31. The van der Waals surface area contributed by atoms with Crippen molar-refractivity contribution in [3.63, 3.8) is 0 Å². The molecule has 0 spiro atoms. The standard InChI is InChI=1S/C18H24O4/c1-18(2)21-16(10-6-12-19)17(22-18)11-7-13-20-14-15-8-4-3-5-9-15/h3-6,8-10,12,16-17H,7,11,13-14H2,1-2H3/b10-6+/t16-,17-/m0/s1. The fraction of sp³-hybridized carbons (Fsp3) is 0.500. The van der Waals surface area contributed by atoms with Crippen LogP contribution in [0.4, 0.5) is 0 Å². The van der Waals surface area contributed by atoms with Crippen molar-refractivity contribution in [2.75, 3.05) is 6.61 Å². The summed E-state index contributed by atoms with van der Waals surface area (Å²) >= 11 is 0. The van der Waals surface area contributed by atoms with Crippen LogP contribution in [0, 0.1) is 0 Å². The van der Waals surface area contributed by atoms with Crippen molar-refractivity contribution < 1.29 is 19.0 Å². The van der Waals surface area contributed by atoms with Gasteiger partial charge in [0.1, 0.15) is 12.4 Å². The lowest BCUT2D eigenvalue weighted by molar-refractivity contribution is -0.143. The van der Waals surface area contributed by atoms with E-state index in [9.17, 15) is 4.79 Å². The van der Waals surface area contributed by atoms with Crippen LogP contribution >= 0.6 is 0 Å². The number of ether oxygens (including phenoxy) is 3. The van der Waals surface area contributed by atoms with Gasteiger partial charge in [-0.2, -0.15) is 0 Å². The molecule has 0 saturated carbocycles. The van der Waals surface area contributed by atoms with Crippen molar-refractivity contribution >= 4 is 6.29 Å². The van der Waals surface area contributed by atoms with Gasteiger partial charge in [-0.25, -0.2) is 0 Å². The van der Waals surface area contributed by atoms with E-state index in [0.717, 1.165) is 19.1 Å². The molecule has 22 heavy (non-hydrogen) atoms. The minimum atomic E-state index is -0.604. The van der Waals surface area contributed by atoms with Crippen molar-refractivity contribution in [2.45, 2.75) is 51.3 Å². The van der Waals surface area contributed by atoms with Crippen LogP contribution in [-0.4, -0.2) is 30.9 Å². The van der Waals surface area contributed by atoms with E-state index >= 15 is 0 Å². The minimum Gasteiger partial charge on any atom is -0.377 e. The van der Waals surface area contributed by atoms with E-state index in [1.807, 2.05) is 32.0 Å². The molecule has 0 bridgehead atoms. The Morgan fingerprint density at radius 2 is 2.00 bits per heavy atom. The Balaban J connectivity index is 1.70. The van der Waals surface area contributed by atoms with E-state index in [4.69, 9.17) is 14.2 Å². The van der Waals surface area contributed by atoms with Gasteiger partial charge in [0.2, 0.25) is 0 Å². The number of allylic oxidation sites excluding steroid dienone is 1. The quantitative estimate of drug-likeness (QED) is 0.420. The summed E-state index contributed by atoms with van der Waals surface area (Å²) in [6.45, 7) is 5.09. The van der Waals surface area contributed by atoms with Gasteiger partial charge in [0.25, 0.3) is 0 Å². The van der Waals surface area contributed by atoms with Crippen LogP contribution in [0.15, 0.2) is 42.5 Å². The lowest BCUT2D eigenvalue weighted by Gasteiger charge is -2.16. The molecular formula is C18H24O4. The Labute approximate surface area is 132 Å². The largest absolute Gasteiger partial charge is 0.377 e. The summed E-state index contributed by atoms with van der Waals surface area (Å²) in [5.41, 5.74) is 1.18. The molecule has 1 aromatic carbocycles. The highest BCUT2D eigenvalue weighted by Crippen LogP contribution is 2.31. The van der Waals surface area contributed by atoms with Crippen molar-refractivity contribution in [1.82, 2.24) is 0 Å².